The van der Waals surface area contributed by atoms with Crippen LogP contribution in [0, 0.1) is 13.8 Å². The summed E-state index contributed by atoms with van der Waals surface area (Å²) in [5.74, 6) is 1.74. The average molecular weight is 473 g/mol. The molecule has 4 rings (SSSR count). The summed E-state index contributed by atoms with van der Waals surface area (Å²) < 4.78 is 7.37. The van der Waals surface area contributed by atoms with Gasteiger partial charge in [0.15, 0.2) is 11.0 Å². The highest BCUT2D eigenvalue weighted by Gasteiger charge is 2.16. The first kappa shape index (κ1) is 23.6. The number of methoxy groups -OCH3 is 1. The van der Waals surface area contributed by atoms with Crippen LogP contribution in [-0.2, 0) is 17.8 Å². The molecular weight excluding hydrogens is 444 g/mol. The molecule has 1 amide bonds. The number of ether oxygens (including phenoxy) is 1. The zero-order valence-electron chi connectivity index (χ0n) is 19.6. The fraction of sp³-hybridized carbons (Fsp3) is 0.222. The minimum Gasteiger partial charge on any atom is -0.497 e. The first-order valence-corrected chi connectivity index (χ1v) is 12.1. The molecular formula is C27H28N4O2S. The van der Waals surface area contributed by atoms with E-state index in [1.807, 2.05) is 74.5 Å². The van der Waals surface area contributed by atoms with E-state index in [1.54, 1.807) is 7.11 Å². The van der Waals surface area contributed by atoms with Gasteiger partial charge in [-0.05, 0) is 67.3 Å². The van der Waals surface area contributed by atoms with Gasteiger partial charge in [-0.25, -0.2) is 0 Å². The van der Waals surface area contributed by atoms with E-state index in [4.69, 9.17) is 4.74 Å². The van der Waals surface area contributed by atoms with Gasteiger partial charge < -0.3 is 14.6 Å². The minimum atomic E-state index is -0.0673. The number of aryl methyl sites for hydroxylation is 3. The van der Waals surface area contributed by atoms with Crippen molar-refractivity contribution in [3.8, 4) is 17.1 Å². The van der Waals surface area contributed by atoms with Crippen LogP contribution in [0.2, 0.25) is 0 Å². The Labute approximate surface area is 204 Å². The highest BCUT2D eigenvalue weighted by atomic mass is 32.2. The standard InChI is InChI=1S/C27H28N4O2S/c1-19-9-10-20(2)24(17-19)28-25(32)18-34-27-30-29-26(22-11-13-23(33-3)14-12-22)31(27)16-15-21-7-5-4-6-8-21/h4-14,17H,15-16,18H2,1-3H3,(H,28,32). The summed E-state index contributed by atoms with van der Waals surface area (Å²) in [7, 11) is 1.65. The fourth-order valence-electron chi connectivity index (χ4n) is 3.62. The molecule has 0 radical (unpaired) electrons. The maximum atomic E-state index is 12.7. The normalized spacial score (nSPS) is 10.8. The van der Waals surface area contributed by atoms with E-state index in [0.29, 0.717) is 6.54 Å². The third-order valence-electron chi connectivity index (χ3n) is 5.53. The number of nitrogens with one attached hydrogen (secondary N) is 1. The number of hydrogen-bond acceptors (Lipinski definition) is 5. The van der Waals surface area contributed by atoms with Crippen LogP contribution in [0.5, 0.6) is 5.75 Å². The van der Waals surface area contributed by atoms with Gasteiger partial charge in [-0.1, -0.05) is 54.2 Å². The lowest BCUT2D eigenvalue weighted by Gasteiger charge is -2.12. The highest BCUT2D eigenvalue weighted by Crippen LogP contribution is 2.26. The van der Waals surface area contributed by atoms with E-state index in [0.717, 1.165) is 45.5 Å². The van der Waals surface area contributed by atoms with E-state index in [-0.39, 0.29) is 11.7 Å². The molecule has 0 saturated carbocycles. The summed E-state index contributed by atoms with van der Waals surface area (Å²) in [6.07, 6.45) is 0.838. The van der Waals surface area contributed by atoms with Crippen molar-refractivity contribution >= 4 is 23.4 Å². The number of anilines is 1. The molecule has 7 heteroatoms. The summed E-state index contributed by atoms with van der Waals surface area (Å²) in [5, 5.41) is 12.6. The molecule has 0 spiro atoms. The maximum Gasteiger partial charge on any atom is 0.234 e. The van der Waals surface area contributed by atoms with Crippen molar-refractivity contribution in [1.29, 1.82) is 0 Å². The fourth-order valence-corrected chi connectivity index (χ4v) is 4.39. The number of aromatic nitrogens is 3. The van der Waals surface area contributed by atoms with Crippen LogP contribution >= 0.6 is 11.8 Å². The molecule has 34 heavy (non-hydrogen) atoms. The number of nitrogens with zero attached hydrogens (tertiary/aromatic N) is 3. The molecule has 6 nitrogen and oxygen atoms in total. The van der Waals surface area contributed by atoms with Crippen molar-refractivity contribution < 1.29 is 9.53 Å². The van der Waals surface area contributed by atoms with Gasteiger partial charge in [-0.15, -0.1) is 10.2 Å². The zero-order valence-corrected chi connectivity index (χ0v) is 20.4. The molecule has 3 aromatic carbocycles. The molecule has 0 fully saturated rings. The second-order valence-electron chi connectivity index (χ2n) is 8.08. The lowest BCUT2D eigenvalue weighted by atomic mass is 10.1. The van der Waals surface area contributed by atoms with Gasteiger partial charge in [0.05, 0.1) is 12.9 Å². The quantitative estimate of drug-likeness (QED) is 0.324. The molecule has 0 aliphatic rings. The Morgan fingerprint density at radius 2 is 1.76 bits per heavy atom. The summed E-state index contributed by atoms with van der Waals surface area (Å²) in [5.41, 5.74) is 5.18. The topological polar surface area (TPSA) is 69.0 Å². The summed E-state index contributed by atoms with van der Waals surface area (Å²) in [6.45, 7) is 4.71. The van der Waals surface area contributed by atoms with Crippen LogP contribution in [0.25, 0.3) is 11.4 Å². The third-order valence-corrected chi connectivity index (χ3v) is 6.50. The van der Waals surface area contributed by atoms with Crippen molar-refractivity contribution in [3.05, 3.63) is 89.5 Å². The summed E-state index contributed by atoms with van der Waals surface area (Å²) >= 11 is 1.40. The molecule has 0 bridgehead atoms. The molecule has 0 unspecified atom stereocenters. The Bertz CT molecular complexity index is 1250. The number of hydrogen-bond donors (Lipinski definition) is 1. The molecule has 0 saturated heterocycles. The largest absolute Gasteiger partial charge is 0.497 e. The number of carbonyl (C=O) groups excluding carboxylic acids is 1. The number of benzene rings is 3. The second kappa shape index (κ2) is 11.0. The van der Waals surface area contributed by atoms with Gasteiger partial charge in [0, 0.05) is 17.8 Å². The zero-order chi connectivity index (χ0) is 23.9. The third kappa shape index (κ3) is 5.85. The molecule has 1 aromatic heterocycles. The van der Waals surface area contributed by atoms with E-state index >= 15 is 0 Å². The van der Waals surface area contributed by atoms with Crippen LogP contribution in [0.4, 0.5) is 5.69 Å². The van der Waals surface area contributed by atoms with Crippen LogP contribution < -0.4 is 10.1 Å². The Morgan fingerprint density at radius 3 is 2.50 bits per heavy atom. The van der Waals surface area contributed by atoms with Crippen LogP contribution in [0.3, 0.4) is 0 Å². The van der Waals surface area contributed by atoms with E-state index < -0.39 is 0 Å². The lowest BCUT2D eigenvalue weighted by Crippen LogP contribution is -2.15. The van der Waals surface area contributed by atoms with Crippen molar-refractivity contribution in [3.63, 3.8) is 0 Å². The van der Waals surface area contributed by atoms with E-state index in [9.17, 15) is 4.79 Å². The smallest absolute Gasteiger partial charge is 0.234 e. The van der Waals surface area contributed by atoms with Gasteiger partial charge in [0.2, 0.25) is 5.91 Å². The van der Waals surface area contributed by atoms with Crippen molar-refractivity contribution in [1.82, 2.24) is 14.8 Å². The number of thioether (sulfide) groups is 1. The summed E-state index contributed by atoms with van der Waals surface area (Å²) in [4.78, 5) is 12.7. The molecule has 174 valence electrons. The Kier molecular flexibility index (Phi) is 7.65. The van der Waals surface area contributed by atoms with Gasteiger partial charge in [0.1, 0.15) is 5.75 Å². The Balaban J connectivity index is 1.52. The molecule has 0 aliphatic carbocycles. The Morgan fingerprint density at radius 1 is 1.00 bits per heavy atom. The predicted octanol–water partition coefficient (Wildman–Crippen LogP) is 5.54. The maximum absolute atomic E-state index is 12.7. The number of carbonyl (C=O) groups is 1. The van der Waals surface area contributed by atoms with E-state index in [2.05, 4.69) is 32.2 Å². The predicted molar refractivity (Wildman–Crippen MR) is 137 cm³/mol. The molecule has 0 aliphatic heterocycles. The Hall–Kier alpha value is -3.58. The molecule has 4 aromatic rings. The van der Waals surface area contributed by atoms with E-state index in [1.165, 1.54) is 17.3 Å². The highest BCUT2D eigenvalue weighted by molar-refractivity contribution is 7.99. The van der Waals surface area contributed by atoms with Crippen molar-refractivity contribution in [2.75, 3.05) is 18.2 Å². The van der Waals surface area contributed by atoms with Crippen molar-refractivity contribution in [2.24, 2.45) is 0 Å². The monoisotopic (exact) mass is 472 g/mol. The first-order valence-electron chi connectivity index (χ1n) is 11.1. The van der Waals surface area contributed by atoms with Crippen LogP contribution in [-0.4, -0.2) is 33.5 Å². The van der Waals surface area contributed by atoms with Gasteiger partial charge in [0.25, 0.3) is 0 Å². The minimum absolute atomic E-state index is 0.0673. The number of rotatable bonds is 9. The van der Waals surface area contributed by atoms with Crippen LogP contribution in [0.15, 0.2) is 78.0 Å². The van der Waals surface area contributed by atoms with Crippen LogP contribution in [0.1, 0.15) is 16.7 Å². The molecule has 1 N–H and O–H groups in total. The van der Waals surface area contributed by atoms with Crippen molar-refractivity contribution in [2.45, 2.75) is 32.0 Å². The second-order valence-corrected chi connectivity index (χ2v) is 9.02. The average Bonchev–Trinajstić information content (AvgIpc) is 3.27. The molecule has 0 atom stereocenters. The number of amides is 1. The first-order chi connectivity index (χ1) is 16.5. The van der Waals surface area contributed by atoms with Gasteiger partial charge in [-0.3, -0.25) is 4.79 Å². The van der Waals surface area contributed by atoms with Gasteiger partial charge in [-0.2, -0.15) is 0 Å². The SMILES string of the molecule is COc1ccc(-c2nnc(SCC(=O)Nc3cc(C)ccc3C)n2CCc2ccccc2)cc1. The summed E-state index contributed by atoms with van der Waals surface area (Å²) in [6, 6.07) is 24.1. The molecule has 1 heterocycles. The lowest BCUT2D eigenvalue weighted by molar-refractivity contribution is -0.113. The van der Waals surface area contributed by atoms with Gasteiger partial charge >= 0.3 is 0 Å².